The Hall–Kier alpha value is -1.08. The minimum absolute atomic E-state index is 0.332. The van der Waals surface area contributed by atoms with Crippen LogP contribution in [0.3, 0.4) is 0 Å². The van der Waals surface area contributed by atoms with Crippen molar-refractivity contribution < 1.29 is 4.74 Å². The molecule has 0 amide bonds. The fraction of sp³-hybridized carbons (Fsp3) is 0.111. The first-order valence-corrected chi connectivity index (χ1v) is 10.3. The summed E-state index contributed by atoms with van der Waals surface area (Å²) in [5.41, 5.74) is 0. The number of ether oxygens (including phenoxy) is 1. The quantitative estimate of drug-likeness (QED) is 0.369. The molecule has 0 N–H and O–H groups in total. The van der Waals surface area contributed by atoms with Gasteiger partial charge in [-0.2, -0.15) is 0 Å². The van der Waals surface area contributed by atoms with Crippen molar-refractivity contribution in [1.29, 1.82) is 0 Å². The molecule has 0 fully saturated rings. The van der Waals surface area contributed by atoms with Crippen LogP contribution >= 0.6 is 0 Å². The Balaban J connectivity index is 2.02. The minimum atomic E-state index is 0.332. The van der Waals surface area contributed by atoms with Crippen LogP contribution in [0.4, 0.5) is 0 Å². The van der Waals surface area contributed by atoms with Gasteiger partial charge < -0.3 is 0 Å². The summed E-state index contributed by atoms with van der Waals surface area (Å²) in [6.07, 6.45) is 1.80. The van der Waals surface area contributed by atoms with Gasteiger partial charge in [0, 0.05) is 0 Å². The molecule has 0 saturated carbocycles. The molecule has 0 saturated heterocycles. The van der Waals surface area contributed by atoms with E-state index < -0.39 is 0 Å². The van der Waals surface area contributed by atoms with E-state index in [9.17, 15) is 0 Å². The van der Waals surface area contributed by atoms with Gasteiger partial charge in [-0.3, -0.25) is 0 Å². The second-order valence-corrected chi connectivity index (χ2v) is 8.73. The second-order valence-electron chi connectivity index (χ2n) is 4.23. The van der Waals surface area contributed by atoms with E-state index in [1.54, 1.807) is 6.08 Å². The molecule has 0 aromatic heterocycles. The molecule has 0 radical (unpaired) electrons. The maximum absolute atomic E-state index is 5.64. The number of benzene rings is 2. The molecule has 3 heteroatoms. The van der Waals surface area contributed by atoms with Crippen molar-refractivity contribution in [2.75, 3.05) is 13.2 Å². The predicted octanol–water partition coefficient (Wildman–Crippen LogP) is 2.09. The molecule has 2 rings (SSSR count). The van der Waals surface area contributed by atoms with Crippen LogP contribution < -0.4 is 8.92 Å². The van der Waals surface area contributed by atoms with Crippen molar-refractivity contribution in [2.24, 2.45) is 0 Å². The van der Waals surface area contributed by atoms with Crippen LogP contribution in [0.5, 0.6) is 0 Å². The van der Waals surface area contributed by atoms with Crippen LogP contribution in [0, 0.1) is 0 Å². The van der Waals surface area contributed by atoms with E-state index in [0.717, 1.165) is 0 Å². The van der Waals surface area contributed by atoms with E-state index in [1.807, 2.05) is 0 Å². The Morgan fingerprint density at radius 2 is 1.57 bits per heavy atom. The first-order valence-electron chi connectivity index (χ1n) is 6.71. The Morgan fingerprint density at radius 3 is 2.19 bits per heavy atom. The van der Waals surface area contributed by atoms with Crippen molar-refractivity contribution in [3.63, 3.8) is 0 Å². The fourth-order valence-corrected chi connectivity index (χ4v) is 5.67. The fourth-order valence-electron chi connectivity index (χ4n) is 1.60. The summed E-state index contributed by atoms with van der Waals surface area (Å²) in [5.74, 6) is 0. The van der Waals surface area contributed by atoms with Crippen LogP contribution in [-0.2, 0) is 4.74 Å². The van der Waals surface area contributed by atoms with Gasteiger partial charge in [-0.25, -0.2) is 0 Å². The number of rotatable bonds is 8. The predicted molar refractivity (Wildman–Crippen MR) is 92.8 cm³/mol. The molecule has 0 heterocycles. The first kappa shape index (κ1) is 16.3. The zero-order valence-corrected chi connectivity index (χ0v) is 15.2. The van der Waals surface area contributed by atoms with Gasteiger partial charge in [0.15, 0.2) is 0 Å². The first-order chi connectivity index (χ1) is 10.4. The van der Waals surface area contributed by atoms with Gasteiger partial charge in [0.25, 0.3) is 0 Å². The normalized spacial score (nSPS) is 11.3. The Labute approximate surface area is 139 Å². The van der Waals surface area contributed by atoms with E-state index in [4.69, 9.17) is 4.74 Å². The van der Waals surface area contributed by atoms with Crippen LogP contribution in [0.15, 0.2) is 82.8 Å². The molecule has 2 aromatic rings. The number of hydrogen-bond acceptors (Lipinski definition) is 1. The van der Waals surface area contributed by atoms with Gasteiger partial charge >= 0.3 is 140 Å². The molecule has 21 heavy (non-hydrogen) atoms. The van der Waals surface area contributed by atoms with E-state index in [2.05, 4.69) is 72.2 Å². The molecule has 108 valence electrons. The third-order valence-corrected chi connectivity index (χ3v) is 7.39. The molecule has 1 nitrogen and oxygen atoms in total. The molecular formula is C18H18OSe2. The topological polar surface area (TPSA) is 9.23 Å². The molecule has 0 unspecified atom stereocenters. The van der Waals surface area contributed by atoms with Crippen molar-refractivity contribution in [3.05, 3.63) is 82.8 Å². The molecule has 0 aliphatic rings. The van der Waals surface area contributed by atoms with Gasteiger partial charge in [-0.05, 0) is 0 Å². The van der Waals surface area contributed by atoms with Crippen LogP contribution in [0.25, 0.3) is 0 Å². The average molecular weight is 408 g/mol. The summed E-state index contributed by atoms with van der Waals surface area (Å²) >= 11 is 0.698. The van der Waals surface area contributed by atoms with Gasteiger partial charge in [0.1, 0.15) is 0 Å². The molecular weight excluding hydrogens is 390 g/mol. The summed E-state index contributed by atoms with van der Waals surface area (Å²) in [7, 11) is 0. The molecule has 0 bridgehead atoms. The molecule has 0 aliphatic carbocycles. The summed E-state index contributed by atoms with van der Waals surface area (Å²) in [6.45, 7) is 5.02. The van der Waals surface area contributed by atoms with Crippen molar-refractivity contribution >= 4 is 38.8 Å². The van der Waals surface area contributed by atoms with Crippen LogP contribution in [0.2, 0.25) is 0 Å². The van der Waals surface area contributed by atoms with Crippen molar-refractivity contribution in [3.8, 4) is 0 Å². The van der Waals surface area contributed by atoms with E-state index >= 15 is 0 Å². The zero-order chi connectivity index (χ0) is 14.8. The summed E-state index contributed by atoms with van der Waals surface area (Å²) in [4.78, 5) is 2.37. The van der Waals surface area contributed by atoms with Gasteiger partial charge in [-0.15, -0.1) is 0 Å². The van der Waals surface area contributed by atoms with E-state index in [1.165, 1.54) is 13.4 Å². The Morgan fingerprint density at radius 1 is 0.952 bits per heavy atom. The second kappa shape index (κ2) is 9.78. The van der Waals surface area contributed by atoms with Crippen molar-refractivity contribution in [1.82, 2.24) is 0 Å². The summed E-state index contributed by atoms with van der Waals surface area (Å²) in [5, 5.41) is 0. The standard InChI is InChI=1S/C18H18OSe2/c1-2-13-19-14-18(21-17-11-7-4-8-12-17)15-20-16-9-5-3-6-10-16/h2-12,15H,1,13-14H2/b18-15+. The third kappa shape index (κ3) is 6.48. The SMILES string of the molecule is C=CCOC/C(=C\[Se]c1ccccc1)[Se]c1ccccc1. The molecule has 0 spiro atoms. The summed E-state index contributed by atoms with van der Waals surface area (Å²) < 4.78 is 9.84. The van der Waals surface area contributed by atoms with Crippen molar-refractivity contribution in [2.45, 2.75) is 0 Å². The van der Waals surface area contributed by atoms with Gasteiger partial charge in [-0.1, -0.05) is 0 Å². The van der Waals surface area contributed by atoms with Gasteiger partial charge in [0.05, 0.1) is 0 Å². The Bertz CT molecular complexity index is 564. The molecule has 2 aromatic carbocycles. The third-order valence-electron chi connectivity index (χ3n) is 2.54. The maximum atomic E-state index is 5.64. The number of hydrogen-bond donors (Lipinski definition) is 0. The average Bonchev–Trinajstić information content (AvgIpc) is 2.54. The summed E-state index contributed by atoms with van der Waals surface area (Å²) in [6, 6.07) is 21.3. The van der Waals surface area contributed by atoms with E-state index in [0.29, 0.717) is 43.1 Å². The van der Waals surface area contributed by atoms with Gasteiger partial charge in [0.2, 0.25) is 0 Å². The zero-order valence-electron chi connectivity index (χ0n) is 11.8. The molecule has 0 aliphatic heterocycles. The monoisotopic (exact) mass is 410 g/mol. The van der Waals surface area contributed by atoms with E-state index in [-0.39, 0.29) is 0 Å². The molecule has 0 atom stereocenters. The van der Waals surface area contributed by atoms with Crippen LogP contribution in [-0.4, -0.2) is 43.1 Å². The van der Waals surface area contributed by atoms with Crippen LogP contribution in [0.1, 0.15) is 0 Å². The Kier molecular flexibility index (Phi) is 7.59.